The minimum atomic E-state index is -2.82. The van der Waals surface area contributed by atoms with Crippen LogP contribution in [0.5, 0.6) is 0 Å². The molecule has 0 saturated carbocycles. The molecule has 0 aliphatic heterocycles. The molecule has 1 amide bonds. The van der Waals surface area contributed by atoms with E-state index in [2.05, 4.69) is 15.4 Å². The number of alkyl halides is 2. The molecule has 3 aromatic rings. The Labute approximate surface area is 141 Å². The number of rotatable bonds is 5. The molecule has 5 nitrogen and oxygen atoms in total. The Kier molecular flexibility index (Phi) is 4.78. The van der Waals surface area contributed by atoms with E-state index in [1.165, 1.54) is 18.2 Å². The van der Waals surface area contributed by atoms with Crippen molar-refractivity contribution in [2.24, 2.45) is 0 Å². The van der Waals surface area contributed by atoms with Crippen LogP contribution in [0.3, 0.4) is 0 Å². The lowest BCUT2D eigenvalue weighted by Crippen LogP contribution is -2.29. The first-order valence-corrected chi connectivity index (χ1v) is 7.34. The number of benzene rings is 1. The number of hydrogen-bond acceptors (Lipinski definition) is 3. The fourth-order valence-electron chi connectivity index (χ4n) is 2.34. The number of nitrogens with one attached hydrogen (secondary N) is 1. The lowest BCUT2D eigenvalue weighted by molar-refractivity contribution is 0.0559. The first-order valence-electron chi connectivity index (χ1n) is 7.34. The van der Waals surface area contributed by atoms with Crippen LogP contribution < -0.4 is 5.32 Å². The van der Waals surface area contributed by atoms with Crippen molar-refractivity contribution in [3.05, 3.63) is 83.7 Å². The standard InChI is InChI=1S/C17H13F3N4O/c18-13-3-1-11(2-4-13)15(12-5-8-21-9-6-12)22-16(25)14-7-10-24(23-14)17(19)20/h1-10,15,17H,(H,22,25)/t15-/m0/s1. The van der Waals surface area contributed by atoms with E-state index in [4.69, 9.17) is 0 Å². The minimum Gasteiger partial charge on any atom is -0.340 e. The zero-order valence-corrected chi connectivity index (χ0v) is 12.8. The summed E-state index contributed by atoms with van der Waals surface area (Å²) in [6.07, 6.45) is 4.14. The summed E-state index contributed by atoms with van der Waals surface area (Å²) in [4.78, 5) is 16.3. The van der Waals surface area contributed by atoms with Gasteiger partial charge in [0.25, 0.3) is 5.91 Å². The highest BCUT2D eigenvalue weighted by Crippen LogP contribution is 2.22. The average Bonchev–Trinajstić information content (AvgIpc) is 3.12. The van der Waals surface area contributed by atoms with Gasteiger partial charge in [-0.15, -0.1) is 0 Å². The van der Waals surface area contributed by atoms with Gasteiger partial charge in [0.2, 0.25) is 0 Å². The van der Waals surface area contributed by atoms with E-state index in [-0.39, 0.29) is 5.69 Å². The number of carbonyl (C=O) groups excluding carboxylic acids is 1. The Hall–Kier alpha value is -3.16. The quantitative estimate of drug-likeness (QED) is 0.771. The number of aromatic nitrogens is 3. The number of amides is 1. The molecular weight excluding hydrogens is 333 g/mol. The normalized spacial score (nSPS) is 12.2. The first kappa shape index (κ1) is 16.7. The van der Waals surface area contributed by atoms with Gasteiger partial charge in [0.05, 0.1) is 6.04 Å². The van der Waals surface area contributed by atoms with E-state index in [1.54, 1.807) is 36.7 Å². The lowest BCUT2D eigenvalue weighted by Gasteiger charge is -2.19. The number of hydrogen-bond donors (Lipinski definition) is 1. The summed E-state index contributed by atoms with van der Waals surface area (Å²) in [6, 6.07) is 9.64. The predicted molar refractivity (Wildman–Crippen MR) is 83.4 cm³/mol. The third kappa shape index (κ3) is 3.85. The maximum Gasteiger partial charge on any atom is 0.333 e. The smallest absolute Gasteiger partial charge is 0.333 e. The molecule has 0 fully saturated rings. The summed E-state index contributed by atoms with van der Waals surface area (Å²) in [5.41, 5.74) is 1.21. The molecule has 8 heteroatoms. The molecule has 0 aliphatic carbocycles. The monoisotopic (exact) mass is 346 g/mol. The summed E-state index contributed by atoms with van der Waals surface area (Å²) in [5.74, 6) is -1.02. The zero-order chi connectivity index (χ0) is 17.8. The van der Waals surface area contributed by atoms with Crippen LogP contribution in [-0.2, 0) is 0 Å². The average molecular weight is 346 g/mol. The van der Waals surface area contributed by atoms with Crippen LogP contribution in [0.15, 0.2) is 61.1 Å². The first-order chi connectivity index (χ1) is 12.0. The van der Waals surface area contributed by atoms with E-state index in [1.807, 2.05) is 0 Å². The molecule has 3 rings (SSSR count). The molecule has 1 aromatic carbocycles. The molecule has 0 bridgehead atoms. The second kappa shape index (κ2) is 7.16. The largest absolute Gasteiger partial charge is 0.340 e. The van der Waals surface area contributed by atoms with Gasteiger partial charge in [-0.05, 0) is 41.5 Å². The zero-order valence-electron chi connectivity index (χ0n) is 12.8. The Morgan fingerprint density at radius 3 is 2.24 bits per heavy atom. The van der Waals surface area contributed by atoms with Crippen molar-refractivity contribution < 1.29 is 18.0 Å². The highest BCUT2D eigenvalue weighted by atomic mass is 19.3. The maximum atomic E-state index is 13.2. The highest BCUT2D eigenvalue weighted by molar-refractivity contribution is 5.92. The van der Waals surface area contributed by atoms with Gasteiger partial charge in [-0.2, -0.15) is 13.9 Å². The van der Waals surface area contributed by atoms with Crippen molar-refractivity contribution in [1.82, 2.24) is 20.1 Å². The van der Waals surface area contributed by atoms with Crippen LogP contribution in [0.25, 0.3) is 0 Å². The molecule has 1 atom stereocenters. The molecule has 0 saturated heterocycles. The number of halogens is 3. The summed E-state index contributed by atoms with van der Waals surface area (Å²) < 4.78 is 38.8. The summed E-state index contributed by atoms with van der Waals surface area (Å²) in [6.45, 7) is -2.82. The van der Waals surface area contributed by atoms with E-state index < -0.39 is 24.3 Å². The molecule has 2 heterocycles. The van der Waals surface area contributed by atoms with Gasteiger partial charge in [0.15, 0.2) is 0 Å². The molecule has 0 unspecified atom stereocenters. The van der Waals surface area contributed by atoms with E-state index in [9.17, 15) is 18.0 Å². The second-order valence-corrected chi connectivity index (χ2v) is 5.20. The minimum absolute atomic E-state index is 0.138. The van der Waals surface area contributed by atoms with Crippen LogP contribution in [0.1, 0.15) is 34.2 Å². The number of pyridine rings is 1. The van der Waals surface area contributed by atoms with Crippen molar-refractivity contribution in [3.63, 3.8) is 0 Å². The van der Waals surface area contributed by atoms with E-state index in [0.29, 0.717) is 15.8 Å². The summed E-state index contributed by atoms with van der Waals surface area (Å²) in [5, 5.41) is 6.27. The van der Waals surface area contributed by atoms with Gasteiger partial charge >= 0.3 is 6.55 Å². The number of carbonyl (C=O) groups is 1. The molecule has 0 aliphatic rings. The van der Waals surface area contributed by atoms with Crippen LogP contribution in [-0.4, -0.2) is 20.7 Å². The van der Waals surface area contributed by atoms with Crippen LogP contribution >= 0.6 is 0 Å². The fourth-order valence-corrected chi connectivity index (χ4v) is 2.34. The molecule has 0 spiro atoms. The van der Waals surface area contributed by atoms with E-state index >= 15 is 0 Å². The molecule has 128 valence electrons. The van der Waals surface area contributed by atoms with Gasteiger partial charge in [0, 0.05) is 18.6 Å². The van der Waals surface area contributed by atoms with Gasteiger partial charge < -0.3 is 5.32 Å². The maximum absolute atomic E-state index is 13.2. The topological polar surface area (TPSA) is 59.8 Å². The van der Waals surface area contributed by atoms with Gasteiger partial charge in [-0.3, -0.25) is 9.78 Å². The summed E-state index contributed by atoms with van der Waals surface area (Å²) >= 11 is 0. The van der Waals surface area contributed by atoms with Crippen LogP contribution in [0, 0.1) is 5.82 Å². The Bertz CT molecular complexity index is 850. The van der Waals surface area contributed by atoms with Crippen molar-refractivity contribution in [3.8, 4) is 0 Å². The molecule has 2 aromatic heterocycles. The fraction of sp³-hybridized carbons (Fsp3) is 0.118. The lowest BCUT2D eigenvalue weighted by atomic mass is 9.99. The molecule has 25 heavy (non-hydrogen) atoms. The molecular formula is C17H13F3N4O. The molecule has 0 radical (unpaired) electrons. The third-order valence-electron chi connectivity index (χ3n) is 3.56. The second-order valence-electron chi connectivity index (χ2n) is 5.20. The van der Waals surface area contributed by atoms with Crippen LogP contribution in [0.2, 0.25) is 0 Å². The number of nitrogens with zero attached hydrogens (tertiary/aromatic N) is 3. The van der Waals surface area contributed by atoms with Crippen LogP contribution in [0.4, 0.5) is 13.2 Å². The summed E-state index contributed by atoms with van der Waals surface area (Å²) in [7, 11) is 0. The Balaban J connectivity index is 1.89. The predicted octanol–water partition coefficient (Wildman–Crippen LogP) is 3.33. The molecule has 1 N–H and O–H groups in total. The van der Waals surface area contributed by atoms with E-state index in [0.717, 1.165) is 6.20 Å². The van der Waals surface area contributed by atoms with Crippen molar-refractivity contribution in [1.29, 1.82) is 0 Å². The Morgan fingerprint density at radius 1 is 1.00 bits per heavy atom. The third-order valence-corrected chi connectivity index (χ3v) is 3.56. The van der Waals surface area contributed by atoms with Gasteiger partial charge in [0.1, 0.15) is 11.5 Å². The van der Waals surface area contributed by atoms with Gasteiger partial charge in [-0.25, -0.2) is 9.07 Å². The van der Waals surface area contributed by atoms with Crippen molar-refractivity contribution in [2.45, 2.75) is 12.6 Å². The Morgan fingerprint density at radius 2 is 1.64 bits per heavy atom. The van der Waals surface area contributed by atoms with Gasteiger partial charge in [-0.1, -0.05) is 12.1 Å². The highest BCUT2D eigenvalue weighted by Gasteiger charge is 2.20. The van der Waals surface area contributed by atoms with Crippen molar-refractivity contribution >= 4 is 5.91 Å². The SMILES string of the molecule is O=C(N[C@H](c1ccncc1)c1ccc(F)cc1)c1ccn(C(F)F)n1. The van der Waals surface area contributed by atoms with Crippen molar-refractivity contribution in [2.75, 3.05) is 0 Å².